The molecule has 1 amide bonds. The Hall–Kier alpha value is -2.20. The zero-order valence-corrected chi connectivity index (χ0v) is 13.8. The quantitative estimate of drug-likeness (QED) is 0.918. The summed E-state index contributed by atoms with van der Waals surface area (Å²) in [7, 11) is 0. The molecule has 3 rings (SSSR count). The molecule has 0 atom stereocenters. The fourth-order valence-electron chi connectivity index (χ4n) is 2.85. The van der Waals surface area contributed by atoms with Crippen LogP contribution in [-0.4, -0.2) is 42.1 Å². The molecule has 1 aliphatic heterocycles. The number of aromatic hydroxyl groups is 1. The number of para-hydroxylation sites is 1. The normalized spacial score (nSPS) is 14.9. The molecule has 0 saturated carbocycles. The van der Waals surface area contributed by atoms with Gasteiger partial charge in [-0.3, -0.25) is 4.79 Å². The molecule has 4 nitrogen and oxygen atoms in total. The van der Waals surface area contributed by atoms with Gasteiger partial charge in [0.05, 0.1) is 16.3 Å². The molecule has 1 N–H and O–H groups in total. The lowest BCUT2D eigenvalue weighted by Crippen LogP contribution is -2.48. The van der Waals surface area contributed by atoms with Crippen molar-refractivity contribution in [2.75, 3.05) is 31.1 Å². The second-order valence-electron chi connectivity index (χ2n) is 5.75. The topological polar surface area (TPSA) is 43.8 Å². The van der Waals surface area contributed by atoms with Gasteiger partial charge in [-0.2, -0.15) is 0 Å². The van der Waals surface area contributed by atoms with Crippen LogP contribution in [0.3, 0.4) is 0 Å². The molecule has 5 heteroatoms. The van der Waals surface area contributed by atoms with Crippen LogP contribution >= 0.6 is 11.6 Å². The molecule has 23 heavy (non-hydrogen) atoms. The lowest BCUT2D eigenvalue weighted by atomic mass is 10.1. The number of piperazine rings is 1. The highest BCUT2D eigenvalue weighted by atomic mass is 35.5. The molecule has 1 saturated heterocycles. The molecular weight excluding hydrogens is 312 g/mol. The van der Waals surface area contributed by atoms with E-state index in [0.717, 1.165) is 29.4 Å². The average molecular weight is 331 g/mol. The van der Waals surface area contributed by atoms with Crippen LogP contribution in [0.5, 0.6) is 5.75 Å². The third-order valence-electron chi connectivity index (χ3n) is 4.14. The highest BCUT2D eigenvalue weighted by Crippen LogP contribution is 2.27. The molecule has 0 aliphatic carbocycles. The van der Waals surface area contributed by atoms with Gasteiger partial charge in [-0.25, -0.2) is 0 Å². The molecule has 1 aliphatic rings. The number of benzene rings is 2. The van der Waals surface area contributed by atoms with Crippen LogP contribution in [0.1, 0.15) is 15.9 Å². The summed E-state index contributed by atoms with van der Waals surface area (Å²) in [6.45, 7) is 4.57. The highest BCUT2D eigenvalue weighted by molar-refractivity contribution is 6.33. The third kappa shape index (κ3) is 3.27. The predicted molar refractivity (Wildman–Crippen MR) is 92.4 cm³/mol. The number of amides is 1. The molecule has 0 aromatic heterocycles. The Morgan fingerprint density at radius 1 is 1.09 bits per heavy atom. The number of aryl methyl sites for hydroxylation is 1. The molecule has 1 heterocycles. The van der Waals surface area contributed by atoms with Gasteiger partial charge in [0.15, 0.2) is 0 Å². The molecule has 2 aromatic rings. The first-order chi connectivity index (χ1) is 11.1. The fraction of sp³-hybridized carbons (Fsp3) is 0.278. The monoisotopic (exact) mass is 330 g/mol. The first-order valence-corrected chi connectivity index (χ1v) is 8.02. The van der Waals surface area contributed by atoms with E-state index in [-0.39, 0.29) is 11.7 Å². The van der Waals surface area contributed by atoms with Crippen molar-refractivity contribution >= 4 is 23.2 Å². The standard InChI is InChI=1S/C18H19ClN2O2/c1-13-6-7-17(22)14(12-13)18(23)21-10-8-20(9-11-21)16-5-3-2-4-15(16)19/h2-7,12,22H,8-11H2,1H3. The first kappa shape index (κ1) is 15.7. The van der Waals surface area contributed by atoms with Crippen LogP contribution in [0.25, 0.3) is 0 Å². The van der Waals surface area contributed by atoms with Crippen LogP contribution in [-0.2, 0) is 0 Å². The summed E-state index contributed by atoms with van der Waals surface area (Å²) >= 11 is 6.24. The Labute approximate surface area is 140 Å². The predicted octanol–water partition coefficient (Wildman–Crippen LogP) is 3.32. The van der Waals surface area contributed by atoms with E-state index < -0.39 is 0 Å². The first-order valence-electron chi connectivity index (χ1n) is 7.64. The van der Waals surface area contributed by atoms with Crippen molar-refractivity contribution < 1.29 is 9.90 Å². The van der Waals surface area contributed by atoms with E-state index in [2.05, 4.69) is 4.90 Å². The van der Waals surface area contributed by atoms with Gasteiger partial charge in [-0.15, -0.1) is 0 Å². The van der Waals surface area contributed by atoms with Gasteiger partial charge in [0.25, 0.3) is 5.91 Å². The van der Waals surface area contributed by atoms with Crippen LogP contribution in [0, 0.1) is 6.92 Å². The third-order valence-corrected chi connectivity index (χ3v) is 4.46. The zero-order chi connectivity index (χ0) is 16.4. The second kappa shape index (κ2) is 6.50. The molecule has 0 unspecified atom stereocenters. The minimum absolute atomic E-state index is 0.0362. The van der Waals surface area contributed by atoms with Crippen molar-refractivity contribution in [1.29, 1.82) is 0 Å². The van der Waals surface area contributed by atoms with Crippen molar-refractivity contribution in [1.82, 2.24) is 4.90 Å². The van der Waals surface area contributed by atoms with Gasteiger partial charge in [-0.05, 0) is 31.2 Å². The highest BCUT2D eigenvalue weighted by Gasteiger charge is 2.24. The van der Waals surface area contributed by atoms with E-state index in [9.17, 15) is 9.90 Å². The Morgan fingerprint density at radius 2 is 1.78 bits per heavy atom. The number of hydrogen-bond acceptors (Lipinski definition) is 3. The van der Waals surface area contributed by atoms with Gasteiger partial charge < -0.3 is 14.9 Å². The van der Waals surface area contributed by atoms with Crippen molar-refractivity contribution in [3.8, 4) is 5.75 Å². The number of nitrogens with zero attached hydrogens (tertiary/aromatic N) is 2. The van der Waals surface area contributed by atoms with E-state index in [1.165, 1.54) is 0 Å². The molecule has 0 radical (unpaired) electrons. The van der Waals surface area contributed by atoms with Crippen molar-refractivity contribution in [2.45, 2.75) is 6.92 Å². The summed E-state index contributed by atoms with van der Waals surface area (Å²) < 4.78 is 0. The van der Waals surface area contributed by atoms with Gasteiger partial charge in [0, 0.05) is 26.2 Å². The van der Waals surface area contributed by atoms with Crippen LogP contribution in [0.15, 0.2) is 42.5 Å². The maximum absolute atomic E-state index is 12.6. The van der Waals surface area contributed by atoms with Gasteiger partial charge >= 0.3 is 0 Å². The van der Waals surface area contributed by atoms with Gasteiger partial charge in [0.1, 0.15) is 5.75 Å². The number of hydrogen-bond donors (Lipinski definition) is 1. The second-order valence-corrected chi connectivity index (χ2v) is 6.16. The minimum Gasteiger partial charge on any atom is -0.507 e. The number of phenols is 1. The number of halogens is 1. The molecule has 2 aromatic carbocycles. The Balaban J connectivity index is 1.70. The lowest BCUT2D eigenvalue weighted by molar-refractivity contribution is 0.0743. The van der Waals surface area contributed by atoms with Crippen molar-refractivity contribution in [2.24, 2.45) is 0 Å². The summed E-state index contributed by atoms with van der Waals surface area (Å²) in [5, 5.41) is 10.7. The van der Waals surface area contributed by atoms with E-state index in [4.69, 9.17) is 11.6 Å². The molecule has 120 valence electrons. The maximum Gasteiger partial charge on any atom is 0.257 e. The number of phenolic OH excluding ortho intramolecular Hbond substituents is 1. The number of carbonyl (C=O) groups excluding carboxylic acids is 1. The Morgan fingerprint density at radius 3 is 2.48 bits per heavy atom. The Bertz CT molecular complexity index is 725. The SMILES string of the molecule is Cc1ccc(O)c(C(=O)N2CCN(c3ccccc3Cl)CC2)c1. The zero-order valence-electron chi connectivity index (χ0n) is 13.0. The molecule has 0 spiro atoms. The van der Waals surface area contributed by atoms with Gasteiger partial charge in [0.2, 0.25) is 0 Å². The summed E-state index contributed by atoms with van der Waals surface area (Å²) in [5.41, 5.74) is 2.33. The van der Waals surface area contributed by atoms with Crippen molar-refractivity contribution in [3.63, 3.8) is 0 Å². The number of rotatable bonds is 2. The number of carbonyl (C=O) groups is 1. The molecule has 0 bridgehead atoms. The number of anilines is 1. The van der Waals surface area contributed by atoms with E-state index >= 15 is 0 Å². The summed E-state index contributed by atoms with van der Waals surface area (Å²) in [4.78, 5) is 16.6. The van der Waals surface area contributed by atoms with Crippen LogP contribution in [0.4, 0.5) is 5.69 Å². The summed E-state index contributed by atoms with van der Waals surface area (Å²) in [5.74, 6) is -0.0841. The smallest absolute Gasteiger partial charge is 0.257 e. The average Bonchev–Trinajstić information content (AvgIpc) is 2.57. The molecular formula is C18H19ClN2O2. The largest absolute Gasteiger partial charge is 0.507 e. The van der Waals surface area contributed by atoms with Crippen LogP contribution < -0.4 is 4.90 Å². The molecule has 1 fully saturated rings. The van der Waals surface area contributed by atoms with Gasteiger partial charge in [-0.1, -0.05) is 35.4 Å². The maximum atomic E-state index is 12.6. The van der Waals surface area contributed by atoms with E-state index in [0.29, 0.717) is 18.7 Å². The van der Waals surface area contributed by atoms with E-state index in [1.54, 1.807) is 23.1 Å². The van der Waals surface area contributed by atoms with E-state index in [1.807, 2.05) is 31.2 Å². The lowest BCUT2D eigenvalue weighted by Gasteiger charge is -2.36. The Kier molecular flexibility index (Phi) is 4.44. The summed E-state index contributed by atoms with van der Waals surface area (Å²) in [6, 6.07) is 12.8. The van der Waals surface area contributed by atoms with Crippen molar-refractivity contribution in [3.05, 3.63) is 58.6 Å². The van der Waals surface area contributed by atoms with Crippen LogP contribution in [0.2, 0.25) is 5.02 Å². The summed E-state index contributed by atoms with van der Waals surface area (Å²) in [6.07, 6.45) is 0. The minimum atomic E-state index is -0.120. The fourth-order valence-corrected chi connectivity index (χ4v) is 3.11.